The number of anilines is 1. The van der Waals surface area contributed by atoms with Gasteiger partial charge in [-0.05, 0) is 19.4 Å². The number of aromatic nitrogens is 2. The Morgan fingerprint density at radius 1 is 1.35 bits per heavy atom. The number of fused-ring (bicyclic) bond motifs is 1. The Kier molecular flexibility index (Phi) is 5.82. The third-order valence-electron chi connectivity index (χ3n) is 3.22. The Hall–Kier alpha value is -1.11. The van der Waals surface area contributed by atoms with Crippen LogP contribution in [0, 0.1) is 0 Å². The zero-order chi connectivity index (χ0) is 14.4. The fourth-order valence-electron chi connectivity index (χ4n) is 2.34. The molecule has 2 aromatic heterocycles. The molecule has 0 bridgehead atoms. The summed E-state index contributed by atoms with van der Waals surface area (Å²) >= 11 is 1.65. The average molecular weight is 296 g/mol. The van der Waals surface area contributed by atoms with E-state index in [1.807, 2.05) is 0 Å². The van der Waals surface area contributed by atoms with Crippen LogP contribution in [0.1, 0.15) is 32.4 Å². The van der Waals surface area contributed by atoms with E-state index in [0.717, 1.165) is 43.3 Å². The van der Waals surface area contributed by atoms with Crippen molar-refractivity contribution in [3.63, 3.8) is 0 Å². The highest BCUT2D eigenvalue weighted by atomic mass is 32.1. The quantitative estimate of drug-likeness (QED) is 0.696. The lowest BCUT2D eigenvalue weighted by Crippen LogP contribution is -2.29. The molecule has 2 aromatic rings. The van der Waals surface area contributed by atoms with E-state index in [0.29, 0.717) is 6.54 Å². The van der Waals surface area contributed by atoms with Crippen molar-refractivity contribution in [1.29, 1.82) is 0 Å². The molecule has 0 fully saturated rings. The number of rotatable bonds is 9. The monoisotopic (exact) mass is 296 g/mol. The Labute approximate surface area is 124 Å². The van der Waals surface area contributed by atoms with Gasteiger partial charge in [-0.2, -0.15) is 0 Å². The molecule has 20 heavy (non-hydrogen) atoms. The number of hydrogen-bond acceptors (Lipinski definition) is 5. The zero-order valence-corrected chi connectivity index (χ0v) is 13.1. The summed E-state index contributed by atoms with van der Waals surface area (Å²) in [6, 6.07) is 0. The van der Waals surface area contributed by atoms with E-state index in [9.17, 15) is 5.11 Å². The highest BCUT2D eigenvalue weighted by Crippen LogP contribution is 2.24. The summed E-state index contributed by atoms with van der Waals surface area (Å²) in [5.41, 5.74) is 1.19. The van der Waals surface area contributed by atoms with Crippen LogP contribution in [0.25, 0.3) is 4.96 Å². The molecule has 0 aliphatic heterocycles. The third-order valence-corrected chi connectivity index (χ3v) is 3.98. The van der Waals surface area contributed by atoms with Gasteiger partial charge in [0.1, 0.15) is 0 Å². The summed E-state index contributed by atoms with van der Waals surface area (Å²) in [6.45, 7) is 7.85. The molecule has 0 aromatic carbocycles. The Morgan fingerprint density at radius 2 is 2.20 bits per heavy atom. The van der Waals surface area contributed by atoms with Gasteiger partial charge in [0.25, 0.3) is 0 Å². The van der Waals surface area contributed by atoms with E-state index >= 15 is 0 Å². The topological polar surface area (TPSA) is 52.8 Å². The Balaban J connectivity index is 2.28. The van der Waals surface area contributed by atoms with Crippen LogP contribution in [0.5, 0.6) is 0 Å². The zero-order valence-electron chi connectivity index (χ0n) is 12.3. The van der Waals surface area contributed by atoms with E-state index in [1.165, 1.54) is 5.69 Å². The maximum atomic E-state index is 9.27. The summed E-state index contributed by atoms with van der Waals surface area (Å²) in [7, 11) is 0. The standard InChI is InChI=1S/C14H24N4OS/c1-3-5-15-11-12-13(17(6-4-2)7-9-19)16-14-18(12)8-10-20-14/h8,10,15,19H,3-7,9,11H2,1-2H3. The Bertz CT molecular complexity index is 516. The third kappa shape index (κ3) is 3.31. The van der Waals surface area contributed by atoms with Gasteiger partial charge in [0, 0.05) is 31.2 Å². The second-order valence-electron chi connectivity index (χ2n) is 4.83. The maximum absolute atomic E-state index is 9.27. The number of nitrogens with zero attached hydrogens (tertiary/aromatic N) is 3. The van der Waals surface area contributed by atoms with E-state index in [1.54, 1.807) is 11.3 Å². The minimum absolute atomic E-state index is 0.160. The van der Waals surface area contributed by atoms with Gasteiger partial charge in [0.05, 0.1) is 12.3 Å². The van der Waals surface area contributed by atoms with Crippen LogP contribution in [0.3, 0.4) is 0 Å². The molecule has 112 valence electrons. The maximum Gasteiger partial charge on any atom is 0.195 e. The summed E-state index contributed by atoms with van der Waals surface area (Å²) in [6.07, 6.45) is 4.24. The molecular formula is C14H24N4OS. The van der Waals surface area contributed by atoms with Crippen LogP contribution in [-0.2, 0) is 6.54 Å². The molecule has 0 atom stereocenters. The molecule has 5 nitrogen and oxygen atoms in total. The summed E-state index contributed by atoms with van der Waals surface area (Å²) in [5.74, 6) is 1.01. The van der Waals surface area contributed by atoms with Crippen molar-refractivity contribution in [3.05, 3.63) is 17.3 Å². The first-order valence-corrected chi connectivity index (χ1v) is 8.20. The average Bonchev–Trinajstić information content (AvgIpc) is 3.01. The molecule has 0 saturated carbocycles. The largest absolute Gasteiger partial charge is 0.395 e. The molecule has 2 N–H and O–H groups in total. The van der Waals surface area contributed by atoms with Crippen LogP contribution in [-0.4, -0.2) is 40.7 Å². The van der Waals surface area contributed by atoms with Crippen molar-refractivity contribution < 1.29 is 5.11 Å². The second kappa shape index (κ2) is 7.61. The SMILES string of the molecule is CCCNCc1c(N(CCC)CCO)nc2sccn12. The predicted molar refractivity (Wildman–Crippen MR) is 84.7 cm³/mol. The number of imidazole rings is 1. The van der Waals surface area contributed by atoms with E-state index in [2.05, 4.69) is 40.0 Å². The smallest absolute Gasteiger partial charge is 0.195 e. The lowest BCUT2D eigenvalue weighted by molar-refractivity contribution is 0.301. The molecule has 0 unspecified atom stereocenters. The minimum Gasteiger partial charge on any atom is -0.395 e. The summed E-state index contributed by atoms with van der Waals surface area (Å²) in [5, 5.41) is 14.8. The number of thiazole rings is 1. The highest BCUT2D eigenvalue weighted by Gasteiger charge is 2.17. The number of hydrogen-bond donors (Lipinski definition) is 2. The molecule has 0 radical (unpaired) electrons. The van der Waals surface area contributed by atoms with Gasteiger partial charge < -0.3 is 15.3 Å². The summed E-state index contributed by atoms with van der Waals surface area (Å²) in [4.78, 5) is 7.95. The molecular weight excluding hydrogens is 272 g/mol. The second-order valence-corrected chi connectivity index (χ2v) is 5.70. The van der Waals surface area contributed by atoms with Crippen molar-refractivity contribution in [1.82, 2.24) is 14.7 Å². The molecule has 2 heterocycles. The molecule has 0 aliphatic rings. The van der Waals surface area contributed by atoms with Crippen molar-refractivity contribution in [3.8, 4) is 0 Å². The van der Waals surface area contributed by atoms with Gasteiger partial charge in [0.15, 0.2) is 10.8 Å². The fraction of sp³-hybridized carbons (Fsp3) is 0.643. The van der Waals surface area contributed by atoms with Gasteiger partial charge in [-0.3, -0.25) is 4.40 Å². The van der Waals surface area contributed by atoms with Gasteiger partial charge >= 0.3 is 0 Å². The van der Waals surface area contributed by atoms with Gasteiger partial charge in [0.2, 0.25) is 0 Å². The number of aliphatic hydroxyl groups is 1. The van der Waals surface area contributed by atoms with Gasteiger partial charge in [-0.15, -0.1) is 11.3 Å². The van der Waals surface area contributed by atoms with Crippen LogP contribution >= 0.6 is 11.3 Å². The molecule has 0 spiro atoms. The van der Waals surface area contributed by atoms with Crippen molar-refractivity contribution in [2.45, 2.75) is 33.2 Å². The Morgan fingerprint density at radius 3 is 2.90 bits per heavy atom. The first-order chi connectivity index (χ1) is 9.81. The van der Waals surface area contributed by atoms with Gasteiger partial charge in [-0.1, -0.05) is 13.8 Å². The van der Waals surface area contributed by atoms with Crippen molar-refractivity contribution in [2.75, 3.05) is 31.1 Å². The lowest BCUT2D eigenvalue weighted by atomic mass is 10.3. The first kappa shape index (κ1) is 15.3. The lowest BCUT2D eigenvalue weighted by Gasteiger charge is -2.22. The number of aliphatic hydroxyl groups excluding tert-OH is 1. The first-order valence-electron chi connectivity index (χ1n) is 7.32. The fourth-order valence-corrected chi connectivity index (χ4v) is 3.06. The minimum atomic E-state index is 0.160. The van der Waals surface area contributed by atoms with Crippen LogP contribution in [0.15, 0.2) is 11.6 Å². The van der Waals surface area contributed by atoms with Crippen LogP contribution in [0.4, 0.5) is 5.82 Å². The molecule has 2 rings (SSSR count). The van der Waals surface area contributed by atoms with E-state index in [4.69, 9.17) is 4.98 Å². The molecule has 0 amide bonds. The van der Waals surface area contributed by atoms with E-state index in [-0.39, 0.29) is 6.61 Å². The predicted octanol–water partition coefficient (Wildman–Crippen LogP) is 2.10. The van der Waals surface area contributed by atoms with Gasteiger partial charge in [-0.25, -0.2) is 4.98 Å². The summed E-state index contributed by atoms with van der Waals surface area (Å²) < 4.78 is 2.16. The molecule has 0 saturated heterocycles. The number of nitrogens with one attached hydrogen (secondary N) is 1. The van der Waals surface area contributed by atoms with Crippen molar-refractivity contribution in [2.24, 2.45) is 0 Å². The normalized spacial score (nSPS) is 11.3. The molecule has 0 aliphatic carbocycles. The highest BCUT2D eigenvalue weighted by molar-refractivity contribution is 7.15. The van der Waals surface area contributed by atoms with E-state index < -0.39 is 0 Å². The van der Waals surface area contributed by atoms with Crippen LogP contribution in [0.2, 0.25) is 0 Å². The van der Waals surface area contributed by atoms with Crippen molar-refractivity contribution >= 4 is 22.1 Å². The molecule has 6 heteroatoms. The van der Waals surface area contributed by atoms with Crippen LogP contribution < -0.4 is 10.2 Å².